The Bertz CT molecular complexity index is 862. The highest BCUT2D eigenvalue weighted by atomic mass is 32.1. The van der Waals surface area contributed by atoms with Crippen molar-refractivity contribution in [3.63, 3.8) is 0 Å². The van der Waals surface area contributed by atoms with Crippen molar-refractivity contribution in [3.8, 4) is 16.3 Å². The molecule has 3 aromatic rings. The molecule has 0 saturated heterocycles. The molecule has 4 rings (SSSR count). The van der Waals surface area contributed by atoms with Crippen LogP contribution in [0.2, 0.25) is 0 Å². The van der Waals surface area contributed by atoms with Crippen LogP contribution in [0.4, 0.5) is 5.13 Å². The Labute approximate surface area is 147 Å². The molecule has 0 bridgehead atoms. The summed E-state index contributed by atoms with van der Waals surface area (Å²) in [6, 6.07) is 7.64. The first-order valence-corrected chi connectivity index (χ1v) is 9.32. The summed E-state index contributed by atoms with van der Waals surface area (Å²) in [4.78, 5) is 22.6. The van der Waals surface area contributed by atoms with E-state index in [1.807, 2.05) is 24.3 Å². The molecule has 24 heavy (non-hydrogen) atoms. The van der Waals surface area contributed by atoms with Crippen LogP contribution in [0.25, 0.3) is 10.6 Å². The number of carbonyl (C=O) groups is 1. The van der Waals surface area contributed by atoms with Gasteiger partial charge in [0, 0.05) is 15.8 Å². The van der Waals surface area contributed by atoms with E-state index < -0.39 is 0 Å². The van der Waals surface area contributed by atoms with Crippen molar-refractivity contribution in [1.29, 1.82) is 0 Å². The second kappa shape index (κ2) is 6.33. The van der Waals surface area contributed by atoms with Gasteiger partial charge in [0.15, 0.2) is 5.13 Å². The summed E-state index contributed by atoms with van der Waals surface area (Å²) in [5.74, 6) is 0.587. The van der Waals surface area contributed by atoms with Gasteiger partial charge < -0.3 is 4.74 Å². The Hall–Kier alpha value is -2.25. The van der Waals surface area contributed by atoms with Gasteiger partial charge in [-0.1, -0.05) is 0 Å². The summed E-state index contributed by atoms with van der Waals surface area (Å²) in [7, 11) is 1.63. The number of amides is 1. The van der Waals surface area contributed by atoms with E-state index in [9.17, 15) is 4.79 Å². The lowest BCUT2D eigenvalue weighted by molar-refractivity contribution is 0.102. The second-order valence-electron chi connectivity index (χ2n) is 5.46. The number of thiazole rings is 2. The monoisotopic (exact) mass is 357 g/mol. The molecule has 2 heterocycles. The van der Waals surface area contributed by atoms with Crippen molar-refractivity contribution in [2.45, 2.75) is 19.3 Å². The summed E-state index contributed by atoms with van der Waals surface area (Å²) in [5, 5.41) is 6.12. The first-order valence-electron chi connectivity index (χ1n) is 7.63. The maximum atomic E-state index is 12.4. The number of hydrogen-bond donors (Lipinski definition) is 1. The van der Waals surface area contributed by atoms with E-state index in [1.54, 1.807) is 23.8 Å². The summed E-state index contributed by atoms with van der Waals surface area (Å²) < 4.78 is 5.15. The normalized spacial score (nSPS) is 12.9. The fraction of sp³-hybridized carbons (Fsp3) is 0.235. The number of benzene rings is 1. The van der Waals surface area contributed by atoms with Gasteiger partial charge in [0.1, 0.15) is 16.5 Å². The Kier molecular flexibility index (Phi) is 4.03. The van der Waals surface area contributed by atoms with E-state index in [-0.39, 0.29) is 5.91 Å². The number of rotatable bonds is 4. The number of methoxy groups -OCH3 is 1. The van der Waals surface area contributed by atoms with Crippen LogP contribution < -0.4 is 10.1 Å². The summed E-state index contributed by atoms with van der Waals surface area (Å²) >= 11 is 3.02. The number of hydrogen-bond acceptors (Lipinski definition) is 6. The fourth-order valence-electron chi connectivity index (χ4n) is 2.65. The molecular formula is C17H15N3O2S2. The van der Waals surface area contributed by atoms with Crippen molar-refractivity contribution in [1.82, 2.24) is 9.97 Å². The van der Waals surface area contributed by atoms with Gasteiger partial charge >= 0.3 is 0 Å². The third-order valence-corrected chi connectivity index (χ3v) is 5.85. The van der Waals surface area contributed by atoms with E-state index in [4.69, 9.17) is 4.74 Å². The number of ether oxygens (including phenoxy) is 1. The fourth-order valence-corrected chi connectivity index (χ4v) is 4.50. The van der Waals surface area contributed by atoms with Gasteiger partial charge in [-0.3, -0.25) is 10.1 Å². The maximum absolute atomic E-state index is 12.4. The number of aryl methyl sites for hydroxylation is 2. The average Bonchev–Trinajstić information content (AvgIpc) is 3.30. The van der Waals surface area contributed by atoms with Gasteiger partial charge in [-0.15, -0.1) is 22.7 Å². The Morgan fingerprint density at radius 1 is 1.21 bits per heavy atom. The van der Waals surface area contributed by atoms with Crippen LogP contribution in [0.3, 0.4) is 0 Å². The minimum atomic E-state index is -0.210. The molecule has 1 aliphatic carbocycles. The minimum Gasteiger partial charge on any atom is -0.497 e. The molecule has 122 valence electrons. The quantitative estimate of drug-likeness (QED) is 0.766. The van der Waals surface area contributed by atoms with Crippen LogP contribution >= 0.6 is 22.7 Å². The molecule has 1 aliphatic rings. The third kappa shape index (κ3) is 2.92. The average molecular weight is 357 g/mol. The molecule has 2 aromatic heterocycles. The summed E-state index contributed by atoms with van der Waals surface area (Å²) in [5.41, 5.74) is 2.52. The predicted molar refractivity (Wildman–Crippen MR) is 96.2 cm³/mol. The highest BCUT2D eigenvalue weighted by Crippen LogP contribution is 2.31. The first-order chi connectivity index (χ1) is 11.7. The molecule has 0 atom stereocenters. The standard InChI is InChI=1S/C17H15N3O2S2/c1-22-11-7-5-10(6-8-11)16-18-13(9-23-16)15(21)20-17-19-12-3-2-4-14(12)24-17/h5-9H,2-4H2,1H3,(H,19,20,21). The Morgan fingerprint density at radius 2 is 2.04 bits per heavy atom. The molecule has 1 N–H and O–H groups in total. The molecule has 0 fully saturated rings. The number of nitrogens with zero attached hydrogens (tertiary/aromatic N) is 2. The summed E-state index contributed by atoms with van der Waals surface area (Å²) in [6.45, 7) is 0. The number of nitrogens with one attached hydrogen (secondary N) is 1. The van der Waals surface area contributed by atoms with E-state index in [0.29, 0.717) is 10.8 Å². The van der Waals surface area contributed by atoms with Gasteiger partial charge in [-0.25, -0.2) is 9.97 Å². The number of fused-ring (bicyclic) bond motifs is 1. The first kappa shape index (κ1) is 15.3. The van der Waals surface area contributed by atoms with E-state index in [1.165, 1.54) is 22.6 Å². The lowest BCUT2D eigenvalue weighted by Gasteiger charge is -2.00. The van der Waals surface area contributed by atoms with Crippen molar-refractivity contribution in [2.75, 3.05) is 12.4 Å². The zero-order valence-electron chi connectivity index (χ0n) is 13.0. The smallest absolute Gasteiger partial charge is 0.276 e. The van der Waals surface area contributed by atoms with Crippen LogP contribution in [0, 0.1) is 0 Å². The van der Waals surface area contributed by atoms with E-state index >= 15 is 0 Å². The molecule has 0 spiro atoms. The van der Waals surface area contributed by atoms with Gasteiger partial charge in [-0.2, -0.15) is 0 Å². The molecular weight excluding hydrogens is 342 g/mol. The second-order valence-corrected chi connectivity index (χ2v) is 7.40. The maximum Gasteiger partial charge on any atom is 0.276 e. The minimum absolute atomic E-state index is 0.210. The van der Waals surface area contributed by atoms with Gasteiger partial charge in [-0.05, 0) is 43.5 Å². The summed E-state index contributed by atoms with van der Waals surface area (Å²) in [6.07, 6.45) is 3.25. The van der Waals surface area contributed by atoms with Crippen LogP contribution in [-0.4, -0.2) is 23.0 Å². The topological polar surface area (TPSA) is 64.1 Å². The number of anilines is 1. The van der Waals surface area contributed by atoms with Crippen LogP contribution in [0.15, 0.2) is 29.6 Å². The Balaban J connectivity index is 1.49. The van der Waals surface area contributed by atoms with Gasteiger partial charge in [0.05, 0.1) is 12.8 Å². The van der Waals surface area contributed by atoms with Crippen LogP contribution in [0.5, 0.6) is 5.75 Å². The van der Waals surface area contributed by atoms with Crippen molar-refractivity contribution >= 4 is 33.7 Å². The predicted octanol–water partition coefficient (Wildman–Crippen LogP) is 4.02. The Morgan fingerprint density at radius 3 is 2.79 bits per heavy atom. The van der Waals surface area contributed by atoms with Crippen LogP contribution in [0.1, 0.15) is 27.5 Å². The SMILES string of the molecule is COc1ccc(-c2nc(C(=O)Nc3nc4c(s3)CCC4)cs2)cc1. The van der Waals surface area contributed by atoms with Gasteiger partial charge in [0.25, 0.3) is 5.91 Å². The molecule has 1 aromatic carbocycles. The van der Waals surface area contributed by atoms with Crippen molar-refractivity contribution in [3.05, 3.63) is 45.9 Å². The molecule has 0 unspecified atom stereocenters. The highest BCUT2D eigenvalue weighted by molar-refractivity contribution is 7.16. The molecule has 7 heteroatoms. The largest absolute Gasteiger partial charge is 0.497 e. The number of aromatic nitrogens is 2. The van der Waals surface area contributed by atoms with Crippen LogP contribution in [-0.2, 0) is 12.8 Å². The molecule has 0 saturated carbocycles. The lowest BCUT2D eigenvalue weighted by atomic mass is 10.2. The lowest BCUT2D eigenvalue weighted by Crippen LogP contribution is -2.12. The zero-order valence-corrected chi connectivity index (χ0v) is 14.7. The molecule has 0 aliphatic heterocycles. The third-order valence-electron chi connectivity index (χ3n) is 3.89. The number of carbonyl (C=O) groups excluding carboxylic acids is 1. The molecule has 5 nitrogen and oxygen atoms in total. The molecule has 0 radical (unpaired) electrons. The van der Waals surface area contributed by atoms with Crippen molar-refractivity contribution in [2.24, 2.45) is 0 Å². The van der Waals surface area contributed by atoms with E-state index in [0.717, 1.165) is 34.9 Å². The van der Waals surface area contributed by atoms with Crippen molar-refractivity contribution < 1.29 is 9.53 Å². The van der Waals surface area contributed by atoms with Gasteiger partial charge in [0.2, 0.25) is 0 Å². The van der Waals surface area contributed by atoms with E-state index in [2.05, 4.69) is 15.3 Å². The zero-order chi connectivity index (χ0) is 16.5. The highest BCUT2D eigenvalue weighted by Gasteiger charge is 2.19. The molecule has 1 amide bonds.